The lowest BCUT2D eigenvalue weighted by Crippen LogP contribution is -2.08. The molecule has 0 N–H and O–H groups in total. The lowest BCUT2D eigenvalue weighted by molar-refractivity contribution is 0.0524. The van der Waals surface area contributed by atoms with Gasteiger partial charge in [-0.2, -0.15) is 5.10 Å². The molecular formula is C12H13ClN4O2. The molecule has 0 saturated carbocycles. The molecule has 2 aromatic heterocycles. The van der Waals surface area contributed by atoms with Crippen molar-refractivity contribution in [2.45, 2.75) is 20.8 Å². The standard InChI is InChI=1S/C12H13ClN4O2/c1-4-19-12(18)11-7(2)16-17(8(11)3)10-5-9(13)14-6-15-10/h5-6H,4H2,1-3H3. The Labute approximate surface area is 115 Å². The summed E-state index contributed by atoms with van der Waals surface area (Å²) in [6, 6.07) is 1.58. The topological polar surface area (TPSA) is 69.9 Å². The van der Waals surface area contributed by atoms with Gasteiger partial charge in [-0.15, -0.1) is 0 Å². The summed E-state index contributed by atoms with van der Waals surface area (Å²) in [5.74, 6) is 0.125. The van der Waals surface area contributed by atoms with Gasteiger partial charge in [-0.25, -0.2) is 19.4 Å². The van der Waals surface area contributed by atoms with Gasteiger partial charge < -0.3 is 4.74 Å². The maximum atomic E-state index is 11.9. The van der Waals surface area contributed by atoms with Crippen molar-refractivity contribution < 1.29 is 9.53 Å². The highest BCUT2D eigenvalue weighted by Gasteiger charge is 2.20. The van der Waals surface area contributed by atoms with Gasteiger partial charge >= 0.3 is 5.97 Å². The van der Waals surface area contributed by atoms with Crippen LogP contribution in [0, 0.1) is 13.8 Å². The zero-order chi connectivity index (χ0) is 14.0. The molecule has 0 aliphatic carbocycles. The molecule has 0 unspecified atom stereocenters. The molecule has 0 aliphatic heterocycles. The molecule has 0 bridgehead atoms. The highest BCUT2D eigenvalue weighted by Crippen LogP contribution is 2.18. The van der Waals surface area contributed by atoms with Crippen molar-refractivity contribution in [3.05, 3.63) is 34.5 Å². The number of aryl methyl sites for hydroxylation is 1. The zero-order valence-electron chi connectivity index (χ0n) is 10.8. The molecule has 19 heavy (non-hydrogen) atoms. The number of hydrogen-bond donors (Lipinski definition) is 0. The van der Waals surface area contributed by atoms with E-state index < -0.39 is 0 Å². The first-order chi connectivity index (χ1) is 9.04. The predicted octanol–water partition coefficient (Wildman–Crippen LogP) is 2.11. The van der Waals surface area contributed by atoms with Crippen molar-refractivity contribution in [2.24, 2.45) is 0 Å². The van der Waals surface area contributed by atoms with Gasteiger partial charge in [-0.3, -0.25) is 0 Å². The van der Waals surface area contributed by atoms with Crippen LogP contribution in [0.1, 0.15) is 28.7 Å². The molecule has 2 aromatic rings. The third-order valence-corrected chi connectivity index (χ3v) is 2.81. The molecule has 0 fully saturated rings. The number of hydrogen-bond acceptors (Lipinski definition) is 5. The fraction of sp³-hybridized carbons (Fsp3) is 0.333. The molecular weight excluding hydrogens is 268 g/mol. The number of carbonyl (C=O) groups is 1. The predicted molar refractivity (Wildman–Crippen MR) is 69.6 cm³/mol. The molecule has 2 heterocycles. The van der Waals surface area contributed by atoms with Gasteiger partial charge in [0, 0.05) is 6.07 Å². The van der Waals surface area contributed by atoms with Crippen LogP contribution in [0.3, 0.4) is 0 Å². The summed E-state index contributed by atoms with van der Waals surface area (Å²) in [5, 5.41) is 4.61. The van der Waals surface area contributed by atoms with Crippen LogP contribution in [-0.2, 0) is 4.74 Å². The van der Waals surface area contributed by atoms with E-state index in [0.29, 0.717) is 34.5 Å². The van der Waals surface area contributed by atoms with Crippen LogP contribution in [0.4, 0.5) is 0 Å². The van der Waals surface area contributed by atoms with E-state index in [2.05, 4.69) is 15.1 Å². The van der Waals surface area contributed by atoms with Crippen LogP contribution in [0.2, 0.25) is 5.15 Å². The SMILES string of the molecule is CCOC(=O)c1c(C)nn(-c2cc(Cl)ncn2)c1C. The van der Waals surface area contributed by atoms with E-state index in [1.165, 1.54) is 6.33 Å². The highest BCUT2D eigenvalue weighted by atomic mass is 35.5. The molecule has 0 aliphatic rings. The third-order valence-electron chi connectivity index (χ3n) is 2.61. The van der Waals surface area contributed by atoms with Gasteiger partial charge in [0.25, 0.3) is 0 Å². The quantitative estimate of drug-likeness (QED) is 0.636. The number of carbonyl (C=O) groups excluding carboxylic acids is 1. The van der Waals surface area contributed by atoms with E-state index in [-0.39, 0.29) is 5.97 Å². The summed E-state index contributed by atoms with van der Waals surface area (Å²) in [5.41, 5.74) is 1.70. The minimum Gasteiger partial charge on any atom is -0.462 e. The van der Waals surface area contributed by atoms with E-state index in [1.807, 2.05) is 0 Å². The molecule has 2 rings (SSSR count). The second-order valence-corrected chi connectivity index (χ2v) is 4.26. The van der Waals surface area contributed by atoms with Crippen molar-refractivity contribution in [2.75, 3.05) is 6.61 Å². The van der Waals surface area contributed by atoms with Gasteiger partial charge in [-0.1, -0.05) is 11.6 Å². The average Bonchev–Trinajstić information content (AvgIpc) is 2.65. The van der Waals surface area contributed by atoms with Crippen LogP contribution in [0.5, 0.6) is 0 Å². The summed E-state index contributed by atoms with van der Waals surface area (Å²) in [4.78, 5) is 19.8. The first kappa shape index (κ1) is 13.5. The Balaban J connectivity index is 2.50. The van der Waals surface area contributed by atoms with Crippen molar-refractivity contribution in [1.82, 2.24) is 19.7 Å². The first-order valence-corrected chi connectivity index (χ1v) is 6.13. The normalized spacial score (nSPS) is 10.5. The van der Waals surface area contributed by atoms with E-state index in [1.54, 1.807) is 31.5 Å². The number of ether oxygens (including phenoxy) is 1. The second kappa shape index (κ2) is 5.36. The minimum absolute atomic E-state index is 0.315. The summed E-state index contributed by atoms with van der Waals surface area (Å²) in [6.07, 6.45) is 1.35. The van der Waals surface area contributed by atoms with Crippen LogP contribution < -0.4 is 0 Å². The van der Waals surface area contributed by atoms with Crippen molar-refractivity contribution >= 4 is 17.6 Å². The third kappa shape index (κ3) is 2.58. The lowest BCUT2D eigenvalue weighted by Gasteiger charge is -2.04. The molecule has 0 saturated heterocycles. The van der Waals surface area contributed by atoms with E-state index in [0.717, 1.165) is 0 Å². The van der Waals surface area contributed by atoms with Crippen LogP contribution >= 0.6 is 11.6 Å². The van der Waals surface area contributed by atoms with E-state index in [4.69, 9.17) is 16.3 Å². The van der Waals surface area contributed by atoms with Gasteiger partial charge in [-0.05, 0) is 20.8 Å². The van der Waals surface area contributed by atoms with Crippen LogP contribution in [0.25, 0.3) is 5.82 Å². The van der Waals surface area contributed by atoms with Crippen molar-refractivity contribution in [3.8, 4) is 5.82 Å². The van der Waals surface area contributed by atoms with Gasteiger partial charge in [0.2, 0.25) is 0 Å². The van der Waals surface area contributed by atoms with Gasteiger partial charge in [0.05, 0.1) is 18.0 Å². The van der Waals surface area contributed by atoms with E-state index >= 15 is 0 Å². The largest absolute Gasteiger partial charge is 0.462 e. The van der Waals surface area contributed by atoms with Crippen LogP contribution in [0.15, 0.2) is 12.4 Å². The summed E-state index contributed by atoms with van der Waals surface area (Å²) in [6.45, 7) is 5.61. The molecule has 0 aromatic carbocycles. The summed E-state index contributed by atoms with van der Waals surface area (Å²) in [7, 11) is 0. The molecule has 0 atom stereocenters. The minimum atomic E-state index is -0.385. The molecule has 0 radical (unpaired) electrons. The number of esters is 1. The van der Waals surface area contributed by atoms with Gasteiger partial charge in [0.15, 0.2) is 5.82 Å². The molecule has 7 heteroatoms. The number of aromatic nitrogens is 4. The Morgan fingerprint density at radius 3 is 2.79 bits per heavy atom. The Morgan fingerprint density at radius 2 is 2.16 bits per heavy atom. The zero-order valence-corrected chi connectivity index (χ0v) is 11.6. The van der Waals surface area contributed by atoms with Crippen molar-refractivity contribution in [3.63, 3.8) is 0 Å². The monoisotopic (exact) mass is 280 g/mol. The maximum Gasteiger partial charge on any atom is 0.341 e. The Bertz CT molecular complexity index is 624. The fourth-order valence-electron chi connectivity index (χ4n) is 1.80. The smallest absolute Gasteiger partial charge is 0.341 e. The van der Waals surface area contributed by atoms with Gasteiger partial charge in [0.1, 0.15) is 17.0 Å². The van der Waals surface area contributed by atoms with Crippen molar-refractivity contribution in [1.29, 1.82) is 0 Å². The Hall–Kier alpha value is -1.95. The van der Waals surface area contributed by atoms with Crippen LogP contribution in [-0.4, -0.2) is 32.3 Å². The number of rotatable bonds is 3. The first-order valence-electron chi connectivity index (χ1n) is 5.75. The summed E-state index contributed by atoms with van der Waals surface area (Å²) >= 11 is 5.82. The average molecular weight is 281 g/mol. The number of halogens is 1. The highest BCUT2D eigenvalue weighted by molar-refractivity contribution is 6.29. The second-order valence-electron chi connectivity index (χ2n) is 3.88. The molecule has 6 nitrogen and oxygen atoms in total. The summed E-state index contributed by atoms with van der Waals surface area (Å²) < 4.78 is 6.56. The van der Waals surface area contributed by atoms with E-state index in [9.17, 15) is 4.79 Å². The number of nitrogens with zero attached hydrogens (tertiary/aromatic N) is 4. The maximum absolute atomic E-state index is 11.9. The lowest BCUT2D eigenvalue weighted by atomic mass is 10.2. The Kier molecular flexibility index (Phi) is 3.80. The Morgan fingerprint density at radius 1 is 1.42 bits per heavy atom. The fourth-order valence-corrected chi connectivity index (χ4v) is 1.95. The molecule has 0 amide bonds. The molecule has 100 valence electrons. The molecule has 0 spiro atoms.